The molecule has 2 aromatic carbocycles. The van der Waals surface area contributed by atoms with Crippen LogP contribution in [-0.4, -0.2) is 5.11 Å². The van der Waals surface area contributed by atoms with Gasteiger partial charge in [0.05, 0.1) is 0 Å². The van der Waals surface area contributed by atoms with Gasteiger partial charge in [0.1, 0.15) is 5.75 Å². The van der Waals surface area contributed by atoms with Crippen molar-refractivity contribution < 1.29 is 5.11 Å². The molecule has 0 bridgehead atoms. The summed E-state index contributed by atoms with van der Waals surface area (Å²) in [4.78, 5) is 0. The Balaban J connectivity index is 2.08. The van der Waals surface area contributed by atoms with E-state index in [1.807, 2.05) is 31.2 Å². The van der Waals surface area contributed by atoms with Crippen molar-refractivity contribution in [3.63, 3.8) is 0 Å². The lowest BCUT2D eigenvalue weighted by molar-refractivity contribution is 0.475. The number of phenols is 1. The minimum atomic E-state index is 0.293. The first-order valence-corrected chi connectivity index (χ1v) is 5.33. The molecule has 2 nitrogen and oxygen atoms in total. The van der Waals surface area contributed by atoms with Gasteiger partial charge in [0.2, 0.25) is 0 Å². The van der Waals surface area contributed by atoms with E-state index in [2.05, 4.69) is 17.4 Å². The molecule has 0 atom stereocenters. The number of aryl methyl sites for hydroxylation is 1. The second kappa shape index (κ2) is 4.71. The lowest BCUT2D eigenvalue weighted by Gasteiger charge is -2.09. The van der Waals surface area contributed by atoms with Crippen LogP contribution < -0.4 is 5.32 Å². The Morgan fingerprint density at radius 2 is 1.81 bits per heavy atom. The minimum Gasteiger partial charge on any atom is -0.508 e. The standard InChI is InChI=1S/C14H15NO/c1-11-7-8-13(16)9-14(11)15-10-12-5-3-2-4-6-12/h2-9,15-16H,10H2,1H3. The maximum atomic E-state index is 9.39. The van der Waals surface area contributed by atoms with Crippen LogP contribution in [0.4, 0.5) is 5.69 Å². The van der Waals surface area contributed by atoms with Crippen LogP contribution in [0, 0.1) is 6.92 Å². The largest absolute Gasteiger partial charge is 0.508 e. The Morgan fingerprint density at radius 1 is 1.06 bits per heavy atom. The molecule has 2 aromatic rings. The highest BCUT2D eigenvalue weighted by molar-refractivity contribution is 5.54. The molecule has 0 aromatic heterocycles. The zero-order valence-corrected chi connectivity index (χ0v) is 9.27. The Morgan fingerprint density at radius 3 is 2.56 bits per heavy atom. The molecule has 0 aliphatic rings. The highest BCUT2D eigenvalue weighted by Gasteiger charge is 1.99. The summed E-state index contributed by atoms with van der Waals surface area (Å²) in [6.07, 6.45) is 0. The van der Waals surface area contributed by atoms with Gasteiger partial charge >= 0.3 is 0 Å². The van der Waals surface area contributed by atoms with Crippen molar-refractivity contribution in [3.05, 3.63) is 59.7 Å². The normalized spacial score (nSPS) is 10.1. The van der Waals surface area contributed by atoms with Crippen molar-refractivity contribution >= 4 is 5.69 Å². The second-order valence-electron chi connectivity index (χ2n) is 3.84. The molecule has 0 aliphatic heterocycles. The summed E-state index contributed by atoms with van der Waals surface area (Å²) < 4.78 is 0. The zero-order chi connectivity index (χ0) is 11.4. The minimum absolute atomic E-state index is 0.293. The summed E-state index contributed by atoms with van der Waals surface area (Å²) in [5.74, 6) is 0.293. The molecule has 0 fully saturated rings. The number of anilines is 1. The lowest BCUT2D eigenvalue weighted by atomic mass is 10.1. The number of aromatic hydroxyl groups is 1. The molecule has 0 unspecified atom stereocenters. The molecule has 0 saturated heterocycles. The van der Waals surface area contributed by atoms with Gasteiger partial charge in [-0.25, -0.2) is 0 Å². The fourth-order valence-corrected chi connectivity index (χ4v) is 1.59. The van der Waals surface area contributed by atoms with Gasteiger partial charge in [-0.1, -0.05) is 36.4 Å². The van der Waals surface area contributed by atoms with Gasteiger partial charge in [0, 0.05) is 18.3 Å². The quantitative estimate of drug-likeness (QED) is 0.819. The molecule has 2 N–H and O–H groups in total. The summed E-state index contributed by atoms with van der Waals surface area (Å²) in [5, 5.41) is 12.7. The van der Waals surface area contributed by atoms with Gasteiger partial charge in [0.25, 0.3) is 0 Å². The van der Waals surface area contributed by atoms with Crippen molar-refractivity contribution in [3.8, 4) is 5.75 Å². The number of rotatable bonds is 3. The summed E-state index contributed by atoms with van der Waals surface area (Å²) in [7, 11) is 0. The van der Waals surface area contributed by atoms with Gasteiger partial charge in [-0.3, -0.25) is 0 Å². The van der Waals surface area contributed by atoms with E-state index in [4.69, 9.17) is 0 Å². The maximum Gasteiger partial charge on any atom is 0.117 e. The van der Waals surface area contributed by atoms with Crippen LogP contribution in [0.2, 0.25) is 0 Å². The highest BCUT2D eigenvalue weighted by Crippen LogP contribution is 2.21. The predicted octanol–water partition coefficient (Wildman–Crippen LogP) is 3.31. The van der Waals surface area contributed by atoms with Gasteiger partial charge < -0.3 is 10.4 Å². The molecular formula is C14H15NO. The number of phenolic OH excluding ortho intramolecular Hbond substituents is 1. The zero-order valence-electron chi connectivity index (χ0n) is 9.27. The molecule has 2 heteroatoms. The predicted molar refractivity (Wildman–Crippen MR) is 66.6 cm³/mol. The molecule has 82 valence electrons. The average molecular weight is 213 g/mol. The molecule has 0 amide bonds. The summed E-state index contributed by atoms with van der Waals surface area (Å²) in [6, 6.07) is 15.5. The van der Waals surface area contributed by atoms with Crippen LogP contribution in [0.25, 0.3) is 0 Å². The Hall–Kier alpha value is -1.96. The molecular weight excluding hydrogens is 198 g/mol. The highest BCUT2D eigenvalue weighted by atomic mass is 16.3. The van der Waals surface area contributed by atoms with E-state index < -0.39 is 0 Å². The Labute approximate surface area is 95.6 Å². The molecule has 0 heterocycles. The number of hydrogen-bond acceptors (Lipinski definition) is 2. The van der Waals surface area contributed by atoms with E-state index in [0.717, 1.165) is 17.8 Å². The van der Waals surface area contributed by atoms with Crippen molar-refractivity contribution in [1.82, 2.24) is 0 Å². The Kier molecular flexibility index (Phi) is 3.10. The molecule has 0 radical (unpaired) electrons. The van der Waals surface area contributed by atoms with Crippen molar-refractivity contribution in [2.24, 2.45) is 0 Å². The topological polar surface area (TPSA) is 32.3 Å². The van der Waals surface area contributed by atoms with E-state index in [1.165, 1.54) is 5.56 Å². The fraction of sp³-hybridized carbons (Fsp3) is 0.143. The number of hydrogen-bond donors (Lipinski definition) is 2. The Bertz CT molecular complexity index is 465. The third-order valence-corrected chi connectivity index (χ3v) is 2.55. The van der Waals surface area contributed by atoms with Gasteiger partial charge in [-0.2, -0.15) is 0 Å². The van der Waals surface area contributed by atoms with E-state index in [1.54, 1.807) is 12.1 Å². The molecule has 0 spiro atoms. The van der Waals surface area contributed by atoms with Gasteiger partial charge in [-0.05, 0) is 24.1 Å². The van der Waals surface area contributed by atoms with Gasteiger partial charge in [-0.15, -0.1) is 0 Å². The molecule has 0 saturated carbocycles. The van der Waals surface area contributed by atoms with Crippen LogP contribution in [0.15, 0.2) is 48.5 Å². The summed E-state index contributed by atoms with van der Waals surface area (Å²) in [6.45, 7) is 2.79. The third kappa shape index (κ3) is 2.54. The third-order valence-electron chi connectivity index (χ3n) is 2.55. The first-order valence-electron chi connectivity index (χ1n) is 5.33. The van der Waals surface area contributed by atoms with Crippen LogP contribution in [-0.2, 0) is 6.54 Å². The van der Waals surface area contributed by atoms with E-state index >= 15 is 0 Å². The van der Waals surface area contributed by atoms with E-state index in [9.17, 15) is 5.11 Å². The molecule has 0 aliphatic carbocycles. The number of benzene rings is 2. The average Bonchev–Trinajstić information content (AvgIpc) is 2.32. The van der Waals surface area contributed by atoms with E-state index in [0.29, 0.717) is 5.75 Å². The van der Waals surface area contributed by atoms with Crippen molar-refractivity contribution in [2.45, 2.75) is 13.5 Å². The maximum absolute atomic E-state index is 9.39. The second-order valence-corrected chi connectivity index (χ2v) is 3.84. The molecule has 16 heavy (non-hydrogen) atoms. The van der Waals surface area contributed by atoms with Crippen LogP contribution >= 0.6 is 0 Å². The van der Waals surface area contributed by atoms with Gasteiger partial charge in [0.15, 0.2) is 0 Å². The van der Waals surface area contributed by atoms with Crippen LogP contribution in [0.5, 0.6) is 5.75 Å². The van der Waals surface area contributed by atoms with E-state index in [-0.39, 0.29) is 0 Å². The summed E-state index contributed by atoms with van der Waals surface area (Å²) in [5.41, 5.74) is 3.34. The van der Waals surface area contributed by atoms with Crippen molar-refractivity contribution in [2.75, 3.05) is 5.32 Å². The lowest BCUT2D eigenvalue weighted by Crippen LogP contribution is -2.00. The van der Waals surface area contributed by atoms with Crippen LogP contribution in [0.1, 0.15) is 11.1 Å². The van der Waals surface area contributed by atoms with Crippen LogP contribution in [0.3, 0.4) is 0 Å². The number of nitrogens with one attached hydrogen (secondary N) is 1. The summed E-state index contributed by atoms with van der Waals surface area (Å²) >= 11 is 0. The van der Waals surface area contributed by atoms with Crippen molar-refractivity contribution in [1.29, 1.82) is 0 Å². The first kappa shape index (κ1) is 10.6. The first-order chi connectivity index (χ1) is 7.75. The molecule has 2 rings (SSSR count). The SMILES string of the molecule is Cc1ccc(O)cc1NCc1ccccc1. The monoisotopic (exact) mass is 213 g/mol. The fourth-order valence-electron chi connectivity index (χ4n) is 1.59. The smallest absolute Gasteiger partial charge is 0.117 e.